The highest BCUT2D eigenvalue weighted by atomic mass is 32.1. The van der Waals surface area contributed by atoms with Gasteiger partial charge in [-0.05, 0) is 12.1 Å². The zero-order valence-electron chi connectivity index (χ0n) is 11.7. The van der Waals surface area contributed by atoms with E-state index < -0.39 is 6.04 Å². The Morgan fingerprint density at radius 2 is 2.00 bits per heavy atom. The van der Waals surface area contributed by atoms with Crippen LogP contribution in [0.15, 0.2) is 30.3 Å². The van der Waals surface area contributed by atoms with Gasteiger partial charge in [-0.1, -0.05) is 43.4 Å². The number of nitriles is 1. The van der Waals surface area contributed by atoms with Crippen molar-refractivity contribution in [2.24, 2.45) is 5.92 Å². The van der Waals surface area contributed by atoms with Gasteiger partial charge < -0.3 is 10.6 Å². The Hall–Kier alpha value is -2.46. The molecule has 2 rings (SSSR count). The van der Waals surface area contributed by atoms with Crippen LogP contribution < -0.4 is 10.6 Å². The van der Waals surface area contributed by atoms with Gasteiger partial charge in [0.2, 0.25) is 11.0 Å². The molecule has 1 atom stereocenters. The topological polar surface area (TPSA) is 90.7 Å². The summed E-state index contributed by atoms with van der Waals surface area (Å²) in [6.07, 6.45) is 0. The van der Waals surface area contributed by atoms with Gasteiger partial charge >= 0.3 is 0 Å². The van der Waals surface area contributed by atoms with E-state index in [9.17, 15) is 4.79 Å². The number of hydrogen-bond acceptors (Lipinski definition) is 6. The van der Waals surface area contributed by atoms with Crippen LogP contribution in [0.2, 0.25) is 0 Å². The molecule has 0 spiro atoms. The number of rotatable bonds is 5. The highest BCUT2D eigenvalue weighted by molar-refractivity contribution is 7.15. The number of aromatic nitrogens is 2. The average Bonchev–Trinajstić information content (AvgIpc) is 2.93. The summed E-state index contributed by atoms with van der Waals surface area (Å²) >= 11 is 1.24. The van der Waals surface area contributed by atoms with Crippen LogP contribution in [-0.2, 0) is 4.79 Å². The molecular formula is C14H15N5OS. The quantitative estimate of drug-likeness (QED) is 0.886. The fraction of sp³-hybridized carbons (Fsp3) is 0.286. The summed E-state index contributed by atoms with van der Waals surface area (Å²) in [5, 5.41) is 23.9. The van der Waals surface area contributed by atoms with Crippen molar-refractivity contribution >= 4 is 28.1 Å². The number of para-hydroxylation sites is 1. The van der Waals surface area contributed by atoms with Crippen molar-refractivity contribution in [3.05, 3.63) is 35.3 Å². The third kappa shape index (κ3) is 4.00. The summed E-state index contributed by atoms with van der Waals surface area (Å²) in [7, 11) is 0. The van der Waals surface area contributed by atoms with E-state index in [0.717, 1.165) is 5.69 Å². The Labute approximate surface area is 126 Å². The largest absolute Gasteiger partial charge is 0.334 e. The first-order valence-electron chi connectivity index (χ1n) is 6.45. The molecular weight excluding hydrogens is 286 g/mol. The van der Waals surface area contributed by atoms with Crippen molar-refractivity contribution < 1.29 is 4.79 Å². The van der Waals surface area contributed by atoms with Gasteiger partial charge in [-0.2, -0.15) is 5.26 Å². The molecule has 1 aromatic heterocycles. The molecule has 0 saturated heterocycles. The van der Waals surface area contributed by atoms with E-state index >= 15 is 0 Å². The molecule has 0 aliphatic carbocycles. The number of benzene rings is 1. The lowest BCUT2D eigenvalue weighted by Crippen LogP contribution is -2.31. The van der Waals surface area contributed by atoms with Crippen molar-refractivity contribution in [3.63, 3.8) is 0 Å². The predicted molar refractivity (Wildman–Crippen MR) is 81.0 cm³/mol. The number of anilines is 2. The summed E-state index contributed by atoms with van der Waals surface area (Å²) in [6, 6.07) is 10.8. The van der Waals surface area contributed by atoms with Crippen LogP contribution in [0.25, 0.3) is 0 Å². The molecule has 1 aromatic carbocycles. The molecule has 1 heterocycles. The van der Waals surface area contributed by atoms with Crippen LogP contribution in [-0.4, -0.2) is 16.1 Å². The van der Waals surface area contributed by atoms with Gasteiger partial charge in [0.25, 0.3) is 0 Å². The maximum atomic E-state index is 11.7. The second-order valence-corrected chi connectivity index (χ2v) is 5.67. The van der Waals surface area contributed by atoms with Gasteiger partial charge in [0, 0.05) is 11.6 Å². The summed E-state index contributed by atoms with van der Waals surface area (Å²) in [5.41, 5.74) is 0.889. The molecule has 2 N–H and O–H groups in total. The third-order valence-electron chi connectivity index (χ3n) is 2.65. The molecule has 2 aromatic rings. The second kappa shape index (κ2) is 6.81. The van der Waals surface area contributed by atoms with E-state index in [1.807, 2.05) is 36.4 Å². The molecule has 108 valence electrons. The van der Waals surface area contributed by atoms with Gasteiger partial charge in [0.15, 0.2) is 11.0 Å². The van der Waals surface area contributed by atoms with Gasteiger partial charge in [-0.3, -0.25) is 4.79 Å². The van der Waals surface area contributed by atoms with Gasteiger partial charge in [-0.25, -0.2) is 0 Å². The Morgan fingerprint density at radius 1 is 1.29 bits per heavy atom. The molecule has 21 heavy (non-hydrogen) atoms. The van der Waals surface area contributed by atoms with Crippen molar-refractivity contribution in [2.45, 2.75) is 19.9 Å². The number of carbonyl (C=O) groups excluding carboxylic acids is 1. The molecule has 0 unspecified atom stereocenters. The highest BCUT2D eigenvalue weighted by Crippen LogP contribution is 2.24. The fourth-order valence-electron chi connectivity index (χ4n) is 1.50. The first kappa shape index (κ1) is 14.9. The smallest absolute Gasteiger partial charge is 0.223 e. The predicted octanol–water partition coefficient (Wildman–Crippen LogP) is 2.62. The van der Waals surface area contributed by atoms with Crippen molar-refractivity contribution in [1.29, 1.82) is 5.26 Å². The average molecular weight is 301 g/mol. The molecule has 6 nitrogen and oxygen atoms in total. The SMILES string of the molecule is CC(C)C(=O)N[C@H](C#N)c1nnc(Nc2ccccc2)s1. The minimum absolute atomic E-state index is 0.185. The maximum absolute atomic E-state index is 11.7. The standard InChI is InChI=1S/C14H15N5OS/c1-9(2)12(20)17-11(8-15)13-18-19-14(21-13)16-10-6-4-3-5-7-10/h3-7,9,11H,1-2H3,(H,16,19)(H,17,20)/t11-/m1/s1. The van der Waals surface area contributed by atoms with Crippen LogP contribution in [0.3, 0.4) is 0 Å². The first-order valence-corrected chi connectivity index (χ1v) is 7.27. The monoisotopic (exact) mass is 301 g/mol. The molecule has 0 aliphatic heterocycles. The lowest BCUT2D eigenvalue weighted by Gasteiger charge is -2.10. The molecule has 0 radical (unpaired) electrons. The number of nitrogens with zero attached hydrogens (tertiary/aromatic N) is 3. The fourth-order valence-corrected chi connectivity index (χ4v) is 2.26. The van der Waals surface area contributed by atoms with Crippen molar-refractivity contribution in [1.82, 2.24) is 15.5 Å². The van der Waals surface area contributed by atoms with Crippen LogP contribution in [0.5, 0.6) is 0 Å². The third-order valence-corrected chi connectivity index (χ3v) is 3.56. The van der Waals surface area contributed by atoms with E-state index in [0.29, 0.717) is 10.1 Å². The van der Waals surface area contributed by atoms with Crippen molar-refractivity contribution in [3.8, 4) is 6.07 Å². The number of nitrogens with one attached hydrogen (secondary N) is 2. The number of amides is 1. The molecule has 0 fully saturated rings. The number of hydrogen-bond donors (Lipinski definition) is 2. The molecule has 0 aliphatic rings. The van der Waals surface area contributed by atoms with Gasteiger partial charge in [-0.15, -0.1) is 10.2 Å². The first-order chi connectivity index (χ1) is 10.1. The van der Waals surface area contributed by atoms with E-state index in [1.165, 1.54) is 11.3 Å². The summed E-state index contributed by atoms with van der Waals surface area (Å²) < 4.78 is 0. The van der Waals surface area contributed by atoms with E-state index in [2.05, 4.69) is 20.8 Å². The summed E-state index contributed by atoms with van der Waals surface area (Å²) in [6.45, 7) is 3.54. The summed E-state index contributed by atoms with van der Waals surface area (Å²) in [4.78, 5) is 11.7. The maximum Gasteiger partial charge on any atom is 0.223 e. The minimum Gasteiger partial charge on any atom is -0.334 e. The van der Waals surface area contributed by atoms with Crippen LogP contribution >= 0.6 is 11.3 Å². The Kier molecular flexibility index (Phi) is 4.85. The van der Waals surface area contributed by atoms with E-state index in [1.54, 1.807) is 13.8 Å². The van der Waals surface area contributed by atoms with E-state index in [4.69, 9.17) is 5.26 Å². The van der Waals surface area contributed by atoms with Crippen LogP contribution in [0.1, 0.15) is 24.9 Å². The zero-order chi connectivity index (χ0) is 15.2. The lowest BCUT2D eigenvalue weighted by molar-refractivity contribution is -0.124. The molecule has 0 saturated carbocycles. The zero-order valence-corrected chi connectivity index (χ0v) is 12.5. The Bertz CT molecular complexity index is 647. The lowest BCUT2D eigenvalue weighted by atomic mass is 10.2. The Balaban J connectivity index is 2.07. The normalized spacial score (nSPS) is 11.7. The minimum atomic E-state index is -0.774. The number of carbonyl (C=O) groups is 1. The van der Waals surface area contributed by atoms with Gasteiger partial charge in [0.05, 0.1) is 6.07 Å². The van der Waals surface area contributed by atoms with Crippen LogP contribution in [0.4, 0.5) is 10.8 Å². The van der Waals surface area contributed by atoms with Crippen molar-refractivity contribution in [2.75, 3.05) is 5.32 Å². The molecule has 1 amide bonds. The second-order valence-electron chi connectivity index (χ2n) is 4.66. The Morgan fingerprint density at radius 3 is 2.62 bits per heavy atom. The van der Waals surface area contributed by atoms with Gasteiger partial charge in [0.1, 0.15) is 0 Å². The summed E-state index contributed by atoms with van der Waals surface area (Å²) in [5.74, 6) is -0.370. The van der Waals surface area contributed by atoms with E-state index in [-0.39, 0.29) is 11.8 Å². The molecule has 7 heteroatoms. The van der Waals surface area contributed by atoms with Crippen LogP contribution in [0, 0.1) is 17.2 Å². The highest BCUT2D eigenvalue weighted by Gasteiger charge is 2.20. The molecule has 0 bridgehead atoms.